The first-order valence-corrected chi connectivity index (χ1v) is 5.02. The minimum atomic E-state index is -0.167. The van der Waals surface area contributed by atoms with Gasteiger partial charge in [-0.25, -0.2) is 0 Å². The van der Waals surface area contributed by atoms with E-state index < -0.39 is 0 Å². The highest BCUT2D eigenvalue weighted by Crippen LogP contribution is 2.07. The number of nitrogens with one attached hydrogen (secondary N) is 1. The Balaban J connectivity index is 0.00000144. The molecule has 3 N–H and O–H groups in total. The number of aromatic nitrogens is 3. The van der Waals surface area contributed by atoms with Crippen molar-refractivity contribution in [2.24, 2.45) is 5.73 Å². The topological polar surface area (TPSA) is 85.3 Å². The van der Waals surface area contributed by atoms with E-state index in [9.17, 15) is 4.79 Å². The molecule has 7 heteroatoms. The van der Waals surface area contributed by atoms with Gasteiger partial charge in [-0.2, -0.15) is 0 Å². The van der Waals surface area contributed by atoms with Crippen molar-refractivity contribution < 1.29 is 4.79 Å². The maximum atomic E-state index is 11.5. The summed E-state index contributed by atoms with van der Waals surface area (Å²) in [6.07, 6.45) is 2.05. The van der Waals surface area contributed by atoms with Crippen LogP contribution in [0.5, 0.6) is 0 Å². The van der Waals surface area contributed by atoms with E-state index in [1.807, 2.05) is 18.2 Å². The van der Waals surface area contributed by atoms with Crippen molar-refractivity contribution in [2.45, 2.75) is 19.4 Å². The molecule has 0 aliphatic carbocycles. The summed E-state index contributed by atoms with van der Waals surface area (Å²) in [5, 5.41) is 10.5. The van der Waals surface area contributed by atoms with Crippen LogP contribution in [0.1, 0.15) is 13.3 Å². The van der Waals surface area contributed by atoms with Crippen molar-refractivity contribution in [3.8, 4) is 0 Å². The SMILES string of the molecule is CC(N)CC(=O)Nc1nnc2ccccn12.Cl. The van der Waals surface area contributed by atoms with Crippen LogP contribution in [0.2, 0.25) is 0 Å². The van der Waals surface area contributed by atoms with E-state index in [2.05, 4.69) is 15.5 Å². The molecule has 2 aromatic rings. The number of hydrogen-bond acceptors (Lipinski definition) is 4. The summed E-state index contributed by atoms with van der Waals surface area (Å²) < 4.78 is 1.71. The number of carbonyl (C=O) groups excluding carboxylic acids is 1. The average Bonchev–Trinajstić information content (AvgIpc) is 2.61. The second-order valence-electron chi connectivity index (χ2n) is 3.68. The van der Waals surface area contributed by atoms with Gasteiger partial charge in [0.1, 0.15) is 0 Å². The van der Waals surface area contributed by atoms with E-state index in [-0.39, 0.29) is 30.8 Å². The van der Waals surface area contributed by atoms with Gasteiger partial charge >= 0.3 is 0 Å². The molecule has 2 aromatic heterocycles. The highest BCUT2D eigenvalue weighted by Gasteiger charge is 2.09. The molecule has 0 saturated heterocycles. The summed E-state index contributed by atoms with van der Waals surface area (Å²) in [6, 6.07) is 5.35. The summed E-state index contributed by atoms with van der Waals surface area (Å²) in [7, 11) is 0. The molecule has 0 saturated carbocycles. The van der Waals surface area contributed by atoms with Crippen LogP contribution in [0.3, 0.4) is 0 Å². The lowest BCUT2D eigenvalue weighted by atomic mass is 10.2. The zero-order valence-electron chi connectivity index (χ0n) is 9.33. The largest absolute Gasteiger partial charge is 0.327 e. The molecule has 6 nitrogen and oxygen atoms in total. The Hall–Kier alpha value is -1.66. The Morgan fingerprint density at radius 2 is 2.29 bits per heavy atom. The number of anilines is 1. The number of halogens is 1. The molecule has 0 fully saturated rings. The van der Waals surface area contributed by atoms with Crippen LogP contribution >= 0.6 is 12.4 Å². The molecule has 0 radical (unpaired) electrons. The van der Waals surface area contributed by atoms with Crippen LogP contribution in [-0.4, -0.2) is 26.5 Å². The second kappa shape index (κ2) is 5.60. The van der Waals surface area contributed by atoms with Gasteiger partial charge in [0.15, 0.2) is 5.65 Å². The van der Waals surface area contributed by atoms with Crippen LogP contribution in [0.4, 0.5) is 5.95 Å². The zero-order chi connectivity index (χ0) is 11.5. The molecule has 2 heterocycles. The first-order valence-electron chi connectivity index (χ1n) is 5.02. The number of nitrogens with zero attached hydrogens (tertiary/aromatic N) is 3. The number of rotatable bonds is 3. The highest BCUT2D eigenvalue weighted by molar-refractivity contribution is 5.89. The normalized spacial score (nSPS) is 11.9. The molecule has 0 spiro atoms. The molecular weight excluding hydrogens is 242 g/mol. The first-order chi connectivity index (χ1) is 7.66. The van der Waals surface area contributed by atoms with Crippen LogP contribution in [-0.2, 0) is 4.79 Å². The molecule has 1 unspecified atom stereocenters. The molecule has 92 valence electrons. The fourth-order valence-corrected chi connectivity index (χ4v) is 1.39. The molecule has 17 heavy (non-hydrogen) atoms. The van der Waals surface area contributed by atoms with E-state index in [4.69, 9.17) is 5.73 Å². The Labute approximate surface area is 105 Å². The van der Waals surface area contributed by atoms with E-state index >= 15 is 0 Å². The van der Waals surface area contributed by atoms with Gasteiger partial charge in [-0.3, -0.25) is 14.5 Å². The Morgan fingerprint density at radius 1 is 1.53 bits per heavy atom. The summed E-state index contributed by atoms with van der Waals surface area (Å²) in [4.78, 5) is 11.5. The van der Waals surface area contributed by atoms with Crippen molar-refractivity contribution in [1.82, 2.24) is 14.6 Å². The van der Waals surface area contributed by atoms with Crippen molar-refractivity contribution in [2.75, 3.05) is 5.32 Å². The lowest BCUT2D eigenvalue weighted by molar-refractivity contribution is -0.116. The van der Waals surface area contributed by atoms with Crippen molar-refractivity contribution >= 4 is 29.9 Å². The van der Waals surface area contributed by atoms with E-state index in [1.165, 1.54) is 0 Å². The molecule has 0 aliphatic rings. The van der Waals surface area contributed by atoms with Crippen molar-refractivity contribution in [3.63, 3.8) is 0 Å². The summed E-state index contributed by atoms with van der Waals surface area (Å²) in [6.45, 7) is 1.78. The highest BCUT2D eigenvalue weighted by atomic mass is 35.5. The third kappa shape index (κ3) is 3.15. The zero-order valence-corrected chi connectivity index (χ0v) is 10.1. The number of nitrogens with two attached hydrogens (primary N) is 1. The van der Waals surface area contributed by atoms with E-state index in [1.54, 1.807) is 17.5 Å². The number of amides is 1. The molecular formula is C10H14ClN5O. The minimum absolute atomic E-state index is 0. The lowest BCUT2D eigenvalue weighted by Crippen LogP contribution is -2.24. The van der Waals surface area contributed by atoms with Crippen LogP contribution in [0, 0.1) is 0 Å². The fourth-order valence-electron chi connectivity index (χ4n) is 1.39. The lowest BCUT2D eigenvalue weighted by Gasteiger charge is -2.05. The van der Waals surface area contributed by atoms with Crippen LogP contribution in [0.15, 0.2) is 24.4 Å². The maximum absolute atomic E-state index is 11.5. The molecule has 1 amide bonds. The van der Waals surface area contributed by atoms with Gasteiger partial charge < -0.3 is 5.73 Å². The Morgan fingerprint density at radius 3 is 3.00 bits per heavy atom. The van der Waals surface area contributed by atoms with Crippen molar-refractivity contribution in [3.05, 3.63) is 24.4 Å². The Kier molecular flexibility index (Phi) is 4.42. The summed E-state index contributed by atoms with van der Waals surface area (Å²) in [5.41, 5.74) is 6.22. The summed E-state index contributed by atoms with van der Waals surface area (Å²) in [5.74, 6) is 0.259. The molecule has 1 atom stereocenters. The smallest absolute Gasteiger partial charge is 0.235 e. The van der Waals surface area contributed by atoms with E-state index in [0.717, 1.165) is 0 Å². The van der Waals surface area contributed by atoms with E-state index in [0.29, 0.717) is 11.6 Å². The number of carbonyl (C=O) groups is 1. The molecule has 0 aliphatic heterocycles. The Bertz CT molecular complexity index is 510. The molecule has 0 bridgehead atoms. The predicted molar refractivity (Wildman–Crippen MR) is 67.1 cm³/mol. The molecule has 2 rings (SSSR count). The fraction of sp³-hybridized carbons (Fsp3) is 0.300. The number of fused-ring (bicyclic) bond motifs is 1. The number of pyridine rings is 1. The number of hydrogen-bond donors (Lipinski definition) is 2. The van der Waals surface area contributed by atoms with Gasteiger partial charge in [0, 0.05) is 18.7 Å². The van der Waals surface area contributed by atoms with Gasteiger partial charge in [-0.15, -0.1) is 22.6 Å². The quantitative estimate of drug-likeness (QED) is 0.851. The maximum Gasteiger partial charge on any atom is 0.235 e. The monoisotopic (exact) mass is 255 g/mol. The minimum Gasteiger partial charge on any atom is -0.327 e. The predicted octanol–water partition coefficient (Wildman–Crippen LogP) is 0.827. The van der Waals surface area contributed by atoms with Gasteiger partial charge in [-0.05, 0) is 19.1 Å². The molecule has 0 aromatic carbocycles. The van der Waals surface area contributed by atoms with Gasteiger partial charge in [0.05, 0.1) is 0 Å². The van der Waals surface area contributed by atoms with Crippen LogP contribution in [0.25, 0.3) is 5.65 Å². The second-order valence-corrected chi connectivity index (χ2v) is 3.68. The van der Waals surface area contributed by atoms with Gasteiger partial charge in [0.2, 0.25) is 11.9 Å². The van der Waals surface area contributed by atoms with Crippen molar-refractivity contribution in [1.29, 1.82) is 0 Å². The third-order valence-electron chi connectivity index (χ3n) is 2.07. The van der Waals surface area contributed by atoms with Gasteiger partial charge in [0.25, 0.3) is 0 Å². The van der Waals surface area contributed by atoms with Crippen LogP contribution < -0.4 is 11.1 Å². The standard InChI is InChI=1S/C10H13N5O.ClH/c1-7(11)6-9(16)12-10-14-13-8-4-2-3-5-15(8)10;/h2-5,7H,6,11H2,1H3,(H,12,14,16);1H. The third-order valence-corrected chi connectivity index (χ3v) is 2.07. The first kappa shape index (κ1) is 13.4. The average molecular weight is 256 g/mol. The van der Waals surface area contributed by atoms with Gasteiger partial charge in [-0.1, -0.05) is 6.07 Å². The summed E-state index contributed by atoms with van der Waals surface area (Å²) >= 11 is 0.